The van der Waals surface area contributed by atoms with Crippen molar-refractivity contribution in [3.63, 3.8) is 0 Å². The van der Waals surface area contributed by atoms with Crippen molar-refractivity contribution in [3.8, 4) is 17.2 Å². The molecule has 9 nitrogen and oxygen atoms in total. The quantitative estimate of drug-likeness (QED) is 0.717. The zero-order chi connectivity index (χ0) is 20.3. The Morgan fingerprint density at radius 2 is 1.86 bits per heavy atom. The molecule has 2 atom stereocenters. The van der Waals surface area contributed by atoms with Gasteiger partial charge in [-0.1, -0.05) is 0 Å². The fourth-order valence-corrected chi connectivity index (χ4v) is 4.42. The summed E-state index contributed by atoms with van der Waals surface area (Å²) in [6, 6.07) is 2.09. The summed E-state index contributed by atoms with van der Waals surface area (Å²) in [5, 5.41) is 5.48. The molecule has 3 amide bonds. The number of carbonyl (C=O) groups is 3. The average molecular weight is 409 g/mol. The molecule has 1 aromatic rings. The highest BCUT2D eigenvalue weighted by Gasteiger charge is 2.39. The highest BCUT2D eigenvalue weighted by atomic mass is 32.2. The van der Waals surface area contributed by atoms with Crippen molar-refractivity contribution in [2.75, 3.05) is 38.3 Å². The van der Waals surface area contributed by atoms with E-state index < -0.39 is 12.1 Å². The Balaban J connectivity index is 1.75. The first-order valence-electron chi connectivity index (χ1n) is 8.77. The number of amides is 3. The lowest BCUT2D eigenvalue weighted by atomic mass is 10.1. The molecule has 0 aromatic heterocycles. The van der Waals surface area contributed by atoms with Crippen LogP contribution in [0.3, 0.4) is 0 Å². The third-order valence-corrected chi connectivity index (χ3v) is 5.71. The molecular weight excluding hydrogens is 386 g/mol. The van der Waals surface area contributed by atoms with Crippen LogP contribution in [0.4, 0.5) is 5.69 Å². The van der Waals surface area contributed by atoms with Crippen LogP contribution in [0.25, 0.3) is 0 Å². The molecule has 0 unspecified atom stereocenters. The van der Waals surface area contributed by atoms with Gasteiger partial charge in [0.25, 0.3) is 0 Å². The number of rotatable bonds is 6. The van der Waals surface area contributed by atoms with Crippen molar-refractivity contribution in [2.24, 2.45) is 0 Å². The van der Waals surface area contributed by atoms with Crippen LogP contribution in [-0.2, 0) is 14.4 Å². The molecule has 0 saturated carbocycles. The second-order valence-corrected chi connectivity index (χ2v) is 7.39. The summed E-state index contributed by atoms with van der Waals surface area (Å²) in [7, 11) is 4.49. The van der Waals surface area contributed by atoms with Gasteiger partial charge in [-0.3, -0.25) is 14.4 Å². The number of nitrogens with one attached hydrogen (secondary N) is 2. The molecule has 10 heteroatoms. The summed E-state index contributed by atoms with van der Waals surface area (Å²) >= 11 is 1.50. The Labute approximate surface area is 167 Å². The Bertz CT molecular complexity index is 762. The van der Waals surface area contributed by atoms with E-state index in [4.69, 9.17) is 14.2 Å². The van der Waals surface area contributed by atoms with Crippen LogP contribution in [0, 0.1) is 0 Å². The normalized spacial score (nSPS) is 21.2. The van der Waals surface area contributed by atoms with Crippen LogP contribution < -0.4 is 24.8 Å². The minimum atomic E-state index is -0.617. The van der Waals surface area contributed by atoms with Gasteiger partial charge in [0.1, 0.15) is 12.1 Å². The van der Waals surface area contributed by atoms with Crippen LogP contribution >= 0.6 is 11.8 Å². The molecule has 1 aromatic carbocycles. The smallest absolute Gasteiger partial charge is 0.248 e. The van der Waals surface area contributed by atoms with Gasteiger partial charge in [0.05, 0.1) is 27.2 Å². The molecule has 0 aliphatic carbocycles. The van der Waals surface area contributed by atoms with Gasteiger partial charge in [0.2, 0.25) is 23.5 Å². The number of thioether (sulfide) groups is 1. The van der Waals surface area contributed by atoms with Gasteiger partial charge in [0.15, 0.2) is 11.5 Å². The van der Waals surface area contributed by atoms with Crippen molar-refractivity contribution in [3.05, 3.63) is 12.1 Å². The van der Waals surface area contributed by atoms with E-state index in [9.17, 15) is 14.4 Å². The Hall–Kier alpha value is -2.62. The first kappa shape index (κ1) is 20.1. The fourth-order valence-electron chi connectivity index (χ4n) is 3.26. The molecule has 0 spiro atoms. The van der Waals surface area contributed by atoms with E-state index in [1.807, 2.05) is 0 Å². The van der Waals surface area contributed by atoms with E-state index in [2.05, 4.69) is 10.6 Å². The number of ether oxygens (including phenoxy) is 3. The van der Waals surface area contributed by atoms with Crippen LogP contribution in [-0.4, -0.2) is 67.7 Å². The zero-order valence-electron chi connectivity index (χ0n) is 15.9. The van der Waals surface area contributed by atoms with E-state index >= 15 is 0 Å². The van der Waals surface area contributed by atoms with E-state index in [0.29, 0.717) is 47.4 Å². The summed E-state index contributed by atoms with van der Waals surface area (Å²) < 4.78 is 15.9. The summed E-state index contributed by atoms with van der Waals surface area (Å²) in [4.78, 5) is 38.5. The number of hydrogen-bond donors (Lipinski definition) is 2. The second-order valence-electron chi connectivity index (χ2n) is 6.39. The van der Waals surface area contributed by atoms with Crippen molar-refractivity contribution in [1.82, 2.24) is 10.2 Å². The van der Waals surface area contributed by atoms with E-state index in [1.165, 1.54) is 38.0 Å². The van der Waals surface area contributed by atoms with Crippen LogP contribution in [0.1, 0.15) is 12.8 Å². The molecule has 28 heavy (non-hydrogen) atoms. The maximum Gasteiger partial charge on any atom is 0.248 e. The molecule has 3 rings (SSSR count). The molecule has 152 valence electrons. The number of carbonyl (C=O) groups excluding carboxylic acids is 3. The molecule has 2 N–H and O–H groups in total. The van der Waals surface area contributed by atoms with Gasteiger partial charge in [-0.15, -0.1) is 11.8 Å². The number of methoxy groups -OCH3 is 3. The largest absolute Gasteiger partial charge is 0.493 e. The van der Waals surface area contributed by atoms with Crippen LogP contribution in [0.15, 0.2) is 12.1 Å². The summed E-state index contributed by atoms with van der Waals surface area (Å²) in [6.07, 6.45) is 0.791. The topological polar surface area (TPSA) is 106 Å². The maximum absolute atomic E-state index is 12.8. The Morgan fingerprint density at radius 3 is 2.39 bits per heavy atom. The minimum absolute atomic E-state index is 0.136. The number of hydrogen-bond acceptors (Lipinski definition) is 7. The van der Waals surface area contributed by atoms with Gasteiger partial charge < -0.3 is 29.7 Å². The van der Waals surface area contributed by atoms with Gasteiger partial charge in [-0.2, -0.15) is 0 Å². The molecule has 2 aliphatic rings. The number of nitrogens with zero attached hydrogens (tertiary/aromatic N) is 1. The predicted molar refractivity (Wildman–Crippen MR) is 104 cm³/mol. The highest BCUT2D eigenvalue weighted by molar-refractivity contribution is 7.99. The monoisotopic (exact) mass is 409 g/mol. The van der Waals surface area contributed by atoms with Crippen molar-refractivity contribution >= 4 is 35.2 Å². The van der Waals surface area contributed by atoms with Crippen molar-refractivity contribution < 1.29 is 28.6 Å². The summed E-state index contributed by atoms with van der Waals surface area (Å²) in [6.45, 7) is 0. The molecule has 2 heterocycles. The van der Waals surface area contributed by atoms with Crippen molar-refractivity contribution in [1.29, 1.82) is 0 Å². The Kier molecular flexibility index (Phi) is 6.18. The third kappa shape index (κ3) is 3.96. The third-order valence-electron chi connectivity index (χ3n) is 4.69. The van der Waals surface area contributed by atoms with Gasteiger partial charge >= 0.3 is 0 Å². The van der Waals surface area contributed by atoms with E-state index in [0.717, 1.165) is 0 Å². The predicted octanol–water partition coefficient (Wildman–Crippen LogP) is 0.831. The van der Waals surface area contributed by atoms with Gasteiger partial charge in [0, 0.05) is 30.0 Å². The lowest BCUT2D eigenvalue weighted by Gasteiger charge is -2.26. The van der Waals surface area contributed by atoms with Gasteiger partial charge in [-0.05, 0) is 6.42 Å². The molecular formula is C18H23N3O6S. The average Bonchev–Trinajstić information content (AvgIpc) is 3.35. The highest BCUT2D eigenvalue weighted by Crippen LogP contribution is 2.40. The van der Waals surface area contributed by atoms with Crippen LogP contribution in [0.5, 0.6) is 17.2 Å². The van der Waals surface area contributed by atoms with E-state index in [1.54, 1.807) is 12.1 Å². The number of benzene rings is 1. The summed E-state index contributed by atoms with van der Waals surface area (Å²) in [5.74, 6) is 1.50. The van der Waals surface area contributed by atoms with Crippen LogP contribution in [0.2, 0.25) is 0 Å². The first-order chi connectivity index (χ1) is 13.5. The molecule has 2 fully saturated rings. The SMILES string of the molecule is COc1cc(NC(=O)[C@H]2CSCN2C(=O)[C@@H]2CCC(=O)N2)cc(OC)c1OC. The zero-order valence-corrected chi connectivity index (χ0v) is 16.8. The van der Waals surface area contributed by atoms with E-state index in [-0.39, 0.29) is 17.7 Å². The molecule has 0 radical (unpaired) electrons. The van der Waals surface area contributed by atoms with Gasteiger partial charge in [-0.25, -0.2) is 0 Å². The minimum Gasteiger partial charge on any atom is -0.493 e. The maximum atomic E-state index is 12.8. The van der Waals surface area contributed by atoms with Crippen molar-refractivity contribution in [2.45, 2.75) is 24.9 Å². The molecule has 2 aliphatic heterocycles. The fraction of sp³-hybridized carbons (Fsp3) is 0.500. The molecule has 0 bridgehead atoms. The standard InChI is InChI=1S/C18H23N3O6S/c1-25-13-6-10(7-14(26-2)16(13)27-3)19-17(23)12-8-28-9-21(12)18(24)11-4-5-15(22)20-11/h6-7,11-12H,4-5,8-9H2,1-3H3,(H,19,23)(H,20,22)/t11-,12+/m0/s1. The molecule has 2 saturated heterocycles. The first-order valence-corrected chi connectivity index (χ1v) is 9.92. The second kappa shape index (κ2) is 8.59. The lowest BCUT2D eigenvalue weighted by molar-refractivity contribution is -0.138. The lowest BCUT2D eigenvalue weighted by Crippen LogP contribution is -2.50. The Morgan fingerprint density at radius 1 is 1.18 bits per heavy atom. The number of anilines is 1. The summed E-state index contributed by atoms with van der Waals surface area (Å²) in [5.41, 5.74) is 0.470.